The summed E-state index contributed by atoms with van der Waals surface area (Å²) in [6.07, 6.45) is 3.90. The third-order valence-electron chi connectivity index (χ3n) is 5.62. The van der Waals surface area contributed by atoms with E-state index in [1.54, 1.807) is 0 Å². The smallest absolute Gasteiger partial charge is 0.220 e. The number of carbonyl (C=O) groups is 1. The Morgan fingerprint density at radius 3 is 2.52 bits per heavy atom. The number of anilines is 1. The molecule has 0 aromatic heterocycles. The summed E-state index contributed by atoms with van der Waals surface area (Å²) in [7, 11) is 0. The normalized spacial score (nSPS) is 20.7. The number of benzene rings is 2. The van der Waals surface area contributed by atoms with Gasteiger partial charge in [-0.15, -0.1) is 0 Å². The fourth-order valence-electron chi connectivity index (χ4n) is 4.01. The Morgan fingerprint density at radius 2 is 1.81 bits per heavy atom. The van der Waals surface area contributed by atoms with Crippen LogP contribution in [0.5, 0.6) is 0 Å². The number of halogens is 1. The molecule has 2 aliphatic rings. The lowest BCUT2D eigenvalue weighted by Gasteiger charge is -2.34. The highest BCUT2D eigenvalue weighted by molar-refractivity contribution is 6.30. The van der Waals surface area contributed by atoms with Crippen molar-refractivity contribution in [1.29, 1.82) is 0 Å². The average Bonchev–Trinajstić information content (AvgIpc) is 3.13. The quantitative estimate of drug-likeness (QED) is 0.824. The molecule has 5 heteroatoms. The second kappa shape index (κ2) is 8.32. The average molecular weight is 384 g/mol. The minimum atomic E-state index is 0.192. The molecule has 2 aliphatic heterocycles. The molecule has 2 aromatic carbocycles. The number of hydrogen-bond acceptors (Lipinski definition) is 3. The van der Waals surface area contributed by atoms with Gasteiger partial charge in [-0.05, 0) is 54.7 Å². The summed E-state index contributed by atoms with van der Waals surface area (Å²) in [6, 6.07) is 17.6. The number of rotatable bonds is 5. The fourth-order valence-corrected chi connectivity index (χ4v) is 4.13. The summed E-state index contributed by atoms with van der Waals surface area (Å²) in [5, 5.41) is 7.44. The van der Waals surface area contributed by atoms with Crippen LogP contribution in [0.4, 0.5) is 5.69 Å². The van der Waals surface area contributed by atoms with Crippen molar-refractivity contribution in [1.82, 2.24) is 10.6 Å². The van der Waals surface area contributed by atoms with E-state index in [0.717, 1.165) is 43.9 Å². The van der Waals surface area contributed by atoms with Crippen LogP contribution in [-0.2, 0) is 4.79 Å². The van der Waals surface area contributed by atoms with E-state index in [2.05, 4.69) is 51.9 Å². The van der Waals surface area contributed by atoms with E-state index in [1.807, 2.05) is 12.1 Å². The first-order chi connectivity index (χ1) is 13.2. The molecule has 4 rings (SSSR count). The number of piperidine rings is 1. The van der Waals surface area contributed by atoms with Gasteiger partial charge in [-0.3, -0.25) is 4.79 Å². The lowest BCUT2D eigenvalue weighted by Crippen LogP contribution is -2.46. The van der Waals surface area contributed by atoms with Crippen molar-refractivity contribution < 1.29 is 4.79 Å². The van der Waals surface area contributed by atoms with Crippen molar-refractivity contribution in [2.45, 2.75) is 37.8 Å². The maximum Gasteiger partial charge on any atom is 0.220 e. The van der Waals surface area contributed by atoms with Gasteiger partial charge in [0, 0.05) is 48.8 Å². The summed E-state index contributed by atoms with van der Waals surface area (Å²) >= 11 is 6.01. The summed E-state index contributed by atoms with van der Waals surface area (Å²) in [5.74, 6) is 0.192. The molecule has 2 N–H and O–H groups in total. The van der Waals surface area contributed by atoms with Crippen LogP contribution >= 0.6 is 11.6 Å². The van der Waals surface area contributed by atoms with Crippen molar-refractivity contribution in [3.63, 3.8) is 0 Å². The Hall–Kier alpha value is -2.04. The van der Waals surface area contributed by atoms with Crippen LogP contribution in [0.1, 0.15) is 25.7 Å². The van der Waals surface area contributed by atoms with Crippen LogP contribution in [0.3, 0.4) is 0 Å². The van der Waals surface area contributed by atoms with Crippen molar-refractivity contribution in [3.05, 3.63) is 53.6 Å². The molecule has 2 heterocycles. The van der Waals surface area contributed by atoms with Crippen LogP contribution < -0.4 is 15.5 Å². The van der Waals surface area contributed by atoms with Crippen molar-refractivity contribution in [2.75, 3.05) is 24.5 Å². The molecular weight excluding hydrogens is 358 g/mol. The fraction of sp³-hybridized carbons (Fsp3) is 0.409. The summed E-state index contributed by atoms with van der Waals surface area (Å²) in [6.45, 7) is 3.00. The number of hydrogen-bond donors (Lipinski definition) is 2. The first-order valence-electron chi connectivity index (χ1n) is 9.81. The third kappa shape index (κ3) is 4.63. The minimum Gasteiger partial charge on any atom is -0.371 e. The highest BCUT2D eigenvalue weighted by Gasteiger charge is 2.23. The van der Waals surface area contributed by atoms with Gasteiger partial charge in [0.1, 0.15) is 0 Å². The second-order valence-corrected chi connectivity index (χ2v) is 7.97. The molecule has 0 aliphatic carbocycles. The first-order valence-corrected chi connectivity index (χ1v) is 10.2. The molecule has 142 valence electrons. The number of amides is 1. The summed E-state index contributed by atoms with van der Waals surface area (Å²) in [5.41, 5.74) is 3.70. The molecule has 0 spiro atoms. The zero-order valence-corrected chi connectivity index (χ0v) is 16.2. The van der Waals surface area contributed by atoms with E-state index in [1.165, 1.54) is 16.8 Å². The lowest BCUT2D eigenvalue weighted by atomic mass is 10.0. The zero-order valence-electron chi connectivity index (χ0n) is 15.5. The molecular formula is C22H26ClN3O. The van der Waals surface area contributed by atoms with Gasteiger partial charge in [-0.1, -0.05) is 35.9 Å². The van der Waals surface area contributed by atoms with Gasteiger partial charge in [-0.2, -0.15) is 0 Å². The molecule has 0 bridgehead atoms. The molecule has 0 saturated carbocycles. The lowest BCUT2D eigenvalue weighted by molar-refractivity contribution is -0.119. The van der Waals surface area contributed by atoms with Crippen LogP contribution in [0.25, 0.3) is 11.1 Å². The van der Waals surface area contributed by atoms with E-state index < -0.39 is 0 Å². The second-order valence-electron chi connectivity index (χ2n) is 7.53. The third-order valence-corrected chi connectivity index (χ3v) is 5.87. The van der Waals surface area contributed by atoms with E-state index in [0.29, 0.717) is 18.5 Å². The van der Waals surface area contributed by atoms with E-state index in [4.69, 9.17) is 11.6 Å². The van der Waals surface area contributed by atoms with Gasteiger partial charge in [0.25, 0.3) is 0 Å². The van der Waals surface area contributed by atoms with Gasteiger partial charge < -0.3 is 15.5 Å². The van der Waals surface area contributed by atoms with E-state index >= 15 is 0 Å². The predicted molar refractivity (Wildman–Crippen MR) is 111 cm³/mol. The molecule has 2 saturated heterocycles. The van der Waals surface area contributed by atoms with E-state index in [-0.39, 0.29) is 5.91 Å². The monoisotopic (exact) mass is 383 g/mol. The van der Waals surface area contributed by atoms with E-state index in [9.17, 15) is 4.79 Å². The van der Waals surface area contributed by atoms with Gasteiger partial charge in [-0.25, -0.2) is 0 Å². The molecule has 0 radical (unpaired) electrons. The largest absolute Gasteiger partial charge is 0.371 e. The summed E-state index contributed by atoms with van der Waals surface area (Å²) < 4.78 is 0. The molecule has 1 atom stereocenters. The SMILES string of the molecule is O=C1CCC(CNC2CCN(c3cccc(-c4ccc(Cl)cc4)c3)CC2)N1. The molecule has 4 nitrogen and oxygen atoms in total. The van der Waals surface area contributed by atoms with Gasteiger partial charge in [0.15, 0.2) is 0 Å². The molecule has 1 unspecified atom stereocenters. The van der Waals surface area contributed by atoms with Crippen LogP contribution in [0.15, 0.2) is 48.5 Å². The van der Waals surface area contributed by atoms with Crippen molar-refractivity contribution >= 4 is 23.2 Å². The number of nitrogens with zero attached hydrogens (tertiary/aromatic N) is 1. The maximum absolute atomic E-state index is 11.3. The zero-order chi connectivity index (χ0) is 18.6. The van der Waals surface area contributed by atoms with Crippen LogP contribution in [-0.4, -0.2) is 37.6 Å². The Labute approximate surface area is 165 Å². The molecule has 27 heavy (non-hydrogen) atoms. The Kier molecular flexibility index (Phi) is 5.65. The van der Waals surface area contributed by atoms with Crippen molar-refractivity contribution in [2.24, 2.45) is 0 Å². The molecule has 1 amide bonds. The predicted octanol–water partition coefficient (Wildman–Crippen LogP) is 3.84. The Bertz CT molecular complexity index is 784. The highest BCUT2D eigenvalue weighted by atomic mass is 35.5. The topological polar surface area (TPSA) is 44.4 Å². The number of nitrogens with one attached hydrogen (secondary N) is 2. The highest BCUT2D eigenvalue weighted by Crippen LogP contribution is 2.27. The maximum atomic E-state index is 11.3. The number of carbonyl (C=O) groups excluding carboxylic acids is 1. The Morgan fingerprint density at radius 1 is 1.04 bits per heavy atom. The Balaban J connectivity index is 1.32. The minimum absolute atomic E-state index is 0.192. The van der Waals surface area contributed by atoms with Gasteiger partial charge >= 0.3 is 0 Å². The molecule has 2 aromatic rings. The summed E-state index contributed by atoms with van der Waals surface area (Å²) in [4.78, 5) is 13.8. The first kappa shape index (κ1) is 18.3. The van der Waals surface area contributed by atoms with Gasteiger partial charge in [0.05, 0.1) is 0 Å². The molecule has 2 fully saturated rings. The van der Waals surface area contributed by atoms with Crippen LogP contribution in [0, 0.1) is 0 Å². The van der Waals surface area contributed by atoms with Crippen molar-refractivity contribution in [3.8, 4) is 11.1 Å². The van der Waals surface area contributed by atoms with Gasteiger partial charge in [0.2, 0.25) is 5.91 Å². The standard InChI is InChI=1S/C22H26ClN3O/c23-18-6-4-16(5-7-18)17-2-1-3-21(14-17)26-12-10-19(11-13-26)24-15-20-8-9-22(27)25-20/h1-7,14,19-20,24H,8-13,15H2,(H,25,27). The van der Waals surface area contributed by atoms with Crippen LogP contribution in [0.2, 0.25) is 5.02 Å².